The Bertz CT molecular complexity index is 369. The normalized spacial score (nSPS) is 16.3. The first-order valence-corrected chi connectivity index (χ1v) is 5.74. The summed E-state index contributed by atoms with van der Waals surface area (Å²) >= 11 is 0. The molecular weight excluding hydrogens is 206 g/mol. The second kappa shape index (κ2) is 4.29. The smallest absolute Gasteiger partial charge is 0.289 e. The van der Waals surface area contributed by atoms with Crippen LogP contribution in [0.2, 0.25) is 0 Å². The third-order valence-corrected chi connectivity index (χ3v) is 2.96. The lowest BCUT2D eigenvalue weighted by atomic mass is 10.1. The zero-order valence-corrected chi connectivity index (χ0v) is 9.69. The number of aliphatic hydroxyl groups excluding tert-OH is 1. The van der Waals surface area contributed by atoms with Gasteiger partial charge >= 0.3 is 0 Å². The van der Waals surface area contributed by atoms with Crippen molar-refractivity contribution in [3.8, 4) is 0 Å². The van der Waals surface area contributed by atoms with Crippen LogP contribution in [0, 0.1) is 0 Å². The SMILES string of the molecule is CCc1cc(C(=O)N2CC(O)C2)oc1CC. The van der Waals surface area contributed by atoms with E-state index in [1.54, 1.807) is 4.90 Å². The number of rotatable bonds is 3. The van der Waals surface area contributed by atoms with Crippen molar-refractivity contribution in [3.05, 3.63) is 23.2 Å². The molecule has 1 amide bonds. The van der Waals surface area contributed by atoms with Crippen LogP contribution in [0.1, 0.15) is 35.7 Å². The van der Waals surface area contributed by atoms with Gasteiger partial charge in [-0.1, -0.05) is 13.8 Å². The first kappa shape index (κ1) is 11.2. The van der Waals surface area contributed by atoms with Crippen LogP contribution in [0.5, 0.6) is 0 Å². The standard InChI is InChI=1S/C12H17NO3/c1-3-8-5-11(16-10(8)4-2)12(15)13-6-9(14)7-13/h5,9,14H,3-4,6-7H2,1-2H3. The van der Waals surface area contributed by atoms with E-state index in [1.807, 2.05) is 19.9 Å². The number of hydrogen-bond acceptors (Lipinski definition) is 3. The number of likely N-dealkylation sites (tertiary alicyclic amines) is 1. The monoisotopic (exact) mass is 223 g/mol. The molecule has 1 aromatic rings. The lowest BCUT2D eigenvalue weighted by molar-refractivity contribution is 0.00384. The van der Waals surface area contributed by atoms with Crippen LogP contribution < -0.4 is 0 Å². The molecule has 0 unspecified atom stereocenters. The molecule has 1 N–H and O–H groups in total. The van der Waals surface area contributed by atoms with Crippen molar-refractivity contribution in [1.82, 2.24) is 4.90 Å². The topological polar surface area (TPSA) is 53.7 Å². The Morgan fingerprint density at radius 1 is 1.50 bits per heavy atom. The van der Waals surface area contributed by atoms with Crippen molar-refractivity contribution in [2.24, 2.45) is 0 Å². The van der Waals surface area contributed by atoms with Gasteiger partial charge < -0.3 is 14.4 Å². The highest BCUT2D eigenvalue weighted by Crippen LogP contribution is 2.20. The molecule has 0 spiro atoms. The van der Waals surface area contributed by atoms with E-state index in [4.69, 9.17) is 9.52 Å². The van der Waals surface area contributed by atoms with Gasteiger partial charge in [-0.3, -0.25) is 4.79 Å². The number of amides is 1. The zero-order valence-electron chi connectivity index (χ0n) is 9.69. The van der Waals surface area contributed by atoms with Crippen LogP contribution in [0.3, 0.4) is 0 Å². The van der Waals surface area contributed by atoms with Gasteiger partial charge in [0, 0.05) is 19.5 Å². The van der Waals surface area contributed by atoms with E-state index in [1.165, 1.54) is 0 Å². The molecule has 1 aliphatic rings. The average Bonchev–Trinajstić information content (AvgIpc) is 2.66. The fourth-order valence-corrected chi connectivity index (χ4v) is 1.95. The number of β-amino-alcohol motifs (C(OH)–C–C–N with tert-alkyl or cyclic N) is 1. The van der Waals surface area contributed by atoms with Crippen molar-refractivity contribution in [3.63, 3.8) is 0 Å². The third kappa shape index (κ3) is 1.85. The van der Waals surface area contributed by atoms with Gasteiger partial charge in [-0.2, -0.15) is 0 Å². The van der Waals surface area contributed by atoms with Crippen molar-refractivity contribution in [2.45, 2.75) is 32.8 Å². The maximum Gasteiger partial charge on any atom is 0.289 e. The first-order chi connectivity index (χ1) is 7.65. The number of carbonyl (C=O) groups is 1. The summed E-state index contributed by atoms with van der Waals surface area (Å²) in [6.45, 7) is 4.90. The minimum Gasteiger partial charge on any atom is -0.456 e. The molecule has 0 atom stereocenters. The molecule has 0 aromatic carbocycles. The second-order valence-electron chi connectivity index (χ2n) is 4.13. The predicted molar refractivity (Wildman–Crippen MR) is 59.4 cm³/mol. The van der Waals surface area contributed by atoms with Crippen molar-refractivity contribution < 1.29 is 14.3 Å². The van der Waals surface area contributed by atoms with Gasteiger partial charge in [0.25, 0.3) is 5.91 Å². The van der Waals surface area contributed by atoms with Crippen molar-refractivity contribution in [2.75, 3.05) is 13.1 Å². The van der Waals surface area contributed by atoms with Gasteiger partial charge in [0.15, 0.2) is 5.76 Å². The van der Waals surface area contributed by atoms with E-state index in [0.717, 1.165) is 24.2 Å². The van der Waals surface area contributed by atoms with Gasteiger partial charge in [0.1, 0.15) is 5.76 Å². The van der Waals surface area contributed by atoms with E-state index >= 15 is 0 Å². The Morgan fingerprint density at radius 3 is 2.62 bits per heavy atom. The van der Waals surface area contributed by atoms with Gasteiger partial charge in [-0.15, -0.1) is 0 Å². The van der Waals surface area contributed by atoms with E-state index in [0.29, 0.717) is 18.8 Å². The molecule has 88 valence electrons. The summed E-state index contributed by atoms with van der Waals surface area (Å²) in [4.78, 5) is 13.5. The van der Waals surface area contributed by atoms with Crippen LogP contribution >= 0.6 is 0 Å². The van der Waals surface area contributed by atoms with Crippen LogP contribution in [-0.4, -0.2) is 35.1 Å². The van der Waals surface area contributed by atoms with Gasteiger partial charge in [-0.05, 0) is 18.1 Å². The summed E-state index contributed by atoms with van der Waals surface area (Å²) in [5.41, 5.74) is 1.10. The van der Waals surface area contributed by atoms with Crippen molar-refractivity contribution in [1.29, 1.82) is 0 Å². The Balaban J connectivity index is 2.14. The Morgan fingerprint density at radius 2 is 2.19 bits per heavy atom. The fraction of sp³-hybridized carbons (Fsp3) is 0.583. The number of furan rings is 1. The summed E-state index contributed by atoms with van der Waals surface area (Å²) in [6, 6.07) is 1.83. The Labute approximate surface area is 94.9 Å². The second-order valence-corrected chi connectivity index (χ2v) is 4.13. The fourth-order valence-electron chi connectivity index (χ4n) is 1.95. The van der Waals surface area contributed by atoms with E-state index in [9.17, 15) is 4.79 Å². The molecule has 1 fully saturated rings. The molecule has 2 heterocycles. The zero-order chi connectivity index (χ0) is 11.7. The molecule has 0 radical (unpaired) electrons. The molecule has 0 aliphatic carbocycles. The number of hydrogen-bond donors (Lipinski definition) is 1. The highest BCUT2D eigenvalue weighted by Gasteiger charge is 2.31. The third-order valence-electron chi connectivity index (χ3n) is 2.96. The summed E-state index contributed by atoms with van der Waals surface area (Å²) in [5, 5.41) is 9.14. The van der Waals surface area contributed by atoms with Crippen LogP contribution in [0.15, 0.2) is 10.5 Å². The molecule has 1 aromatic heterocycles. The summed E-state index contributed by atoms with van der Waals surface area (Å²) < 4.78 is 5.54. The number of aliphatic hydroxyl groups is 1. The minimum atomic E-state index is -0.366. The highest BCUT2D eigenvalue weighted by molar-refractivity contribution is 5.92. The summed E-state index contributed by atoms with van der Waals surface area (Å²) in [7, 11) is 0. The maximum atomic E-state index is 11.9. The van der Waals surface area contributed by atoms with Crippen molar-refractivity contribution >= 4 is 5.91 Å². The molecule has 0 saturated carbocycles. The lowest BCUT2D eigenvalue weighted by Crippen LogP contribution is -2.53. The quantitative estimate of drug-likeness (QED) is 0.838. The summed E-state index contributed by atoms with van der Waals surface area (Å²) in [6.07, 6.45) is 1.32. The molecule has 2 rings (SSSR count). The largest absolute Gasteiger partial charge is 0.456 e. The van der Waals surface area contributed by atoms with E-state index in [2.05, 4.69) is 0 Å². The number of aryl methyl sites for hydroxylation is 2. The molecule has 1 aliphatic heterocycles. The van der Waals surface area contributed by atoms with Crippen LogP contribution in [0.4, 0.5) is 0 Å². The van der Waals surface area contributed by atoms with Gasteiger partial charge in [-0.25, -0.2) is 0 Å². The molecular formula is C12H17NO3. The molecule has 4 nitrogen and oxygen atoms in total. The average molecular weight is 223 g/mol. The molecule has 0 bridgehead atoms. The maximum absolute atomic E-state index is 11.9. The Hall–Kier alpha value is -1.29. The predicted octanol–water partition coefficient (Wildman–Crippen LogP) is 1.22. The lowest BCUT2D eigenvalue weighted by Gasteiger charge is -2.35. The van der Waals surface area contributed by atoms with Gasteiger partial charge in [0.2, 0.25) is 0 Å². The van der Waals surface area contributed by atoms with Crippen LogP contribution in [0.25, 0.3) is 0 Å². The number of carbonyl (C=O) groups excluding carboxylic acids is 1. The Kier molecular flexibility index (Phi) is 3.01. The molecule has 16 heavy (non-hydrogen) atoms. The minimum absolute atomic E-state index is 0.111. The van der Waals surface area contributed by atoms with Crippen LogP contribution in [-0.2, 0) is 12.8 Å². The van der Waals surface area contributed by atoms with E-state index in [-0.39, 0.29) is 12.0 Å². The highest BCUT2D eigenvalue weighted by atomic mass is 16.4. The first-order valence-electron chi connectivity index (χ1n) is 5.74. The summed E-state index contributed by atoms with van der Waals surface area (Å²) in [5.74, 6) is 1.19. The van der Waals surface area contributed by atoms with Gasteiger partial charge in [0.05, 0.1) is 6.10 Å². The number of nitrogens with zero attached hydrogens (tertiary/aromatic N) is 1. The van der Waals surface area contributed by atoms with E-state index < -0.39 is 0 Å². The molecule has 4 heteroatoms. The molecule has 1 saturated heterocycles.